The molecule has 0 aliphatic heterocycles. The summed E-state index contributed by atoms with van der Waals surface area (Å²) in [5.74, 6) is 0.490. The Hall–Kier alpha value is -0.500. The summed E-state index contributed by atoms with van der Waals surface area (Å²) in [5, 5.41) is 9.22. The molecule has 0 aromatic rings. The van der Waals surface area contributed by atoms with Crippen LogP contribution >= 0.6 is 0 Å². The summed E-state index contributed by atoms with van der Waals surface area (Å²) in [5.41, 5.74) is 0. The van der Waals surface area contributed by atoms with Crippen molar-refractivity contribution in [2.45, 2.75) is 32.8 Å². The predicted octanol–water partition coefficient (Wildman–Crippen LogP) is 1.70. The monoisotopic (exact) mass is 144 g/mol. The van der Waals surface area contributed by atoms with Gasteiger partial charge in [0.15, 0.2) is 0 Å². The molecule has 60 valence electrons. The molecular formula is C8H16O2. The van der Waals surface area contributed by atoms with Gasteiger partial charge in [-0.05, 0) is 13.3 Å². The van der Waals surface area contributed by atoms with Gasteiger partial charge >= 0.3 is 0 Å². The van der Waals surface area contributed by atoms with Crippen LogP contribution in [0, 0.1) is 0 Å². The Balaban J connectivity index is 3.49. The predicted molar refractivity (Wildman–Crippen MR) is 41.7 cm³/mol. The molecule has 0 spiro atoms. The summed E-state index contributed by atoms with van der Waals surface area (Å²) in [7, 11) is 0. The number of aliphatic hydroxyl groups is 1. The number of aliphatic hydroxyl groups excluding tert-OH is 1. The highest BCUT2D eigenvalue weighted by molar-refractivity contribution is 4.90. The fraction of sp³-hybridized carbons (Fsp3) is 0.750. The lowest BCUT2D eigenvalue weighted by Gasteiger charge is -2.12. The van der Waals surface area contributed by atoms with Gasteiger partial charge in [0, 0.05) is 0 Å². The molecule has 1 N–H and O–H groups in total. The highest BCUT2D eigenvalue weighted by Gasteiger charge is 2.06. The van der Waals surface area contributed by atoms with Gasteiger partial charge < -0.3 is 9.84 Å². The third-order valence-electron chi connectivity index (χ3n) is 1.26. The van der Waals surface area contributed by atoms with Crippen molar-refractivity contribution in [3.63, 3.8) is 0 Å². The molecule has 0 radical (unpaired) electrons. The van der Waals surface area contributed by atoms with E-state index >= 15 is 0 Å². The van der Waals surface area contributed by atoms with E-state index in [-0.39, 0.29) is 0 Å². The largest absolute Gasteiger partial charge is 0.496 e. The van der Waals surface area contributed by atoms with Gasteiger partial charge in [-0.2, -0.15) is 0 Å². The number of hydrogen-bond donors (Lipinski definition) is 1. The number of hydrogen-bond acceptors (Lipinski definition) is 2. The van der Waals surface area contributed by atoms with Gasteiger partial charge in [-0.3, -0.25) is 0 Å². The van der Waals surface area contributed by atoms with E-state index < -0.39 is 6.10 Å². The Morgan fingerprint density at radius 3 is 2.60 bits per heavy atom. The molecule has 0 aliphatic rings. The van der Waals surface area contributed by atoms with Gasteiger partial charge in [0.25, 0.3) is 0 Å². The molecule has 0 saturated carbocycles. The fourth-order valence-electron chi connectivity index (χ4n) is 0.716. The zero-order valence-electron chi connectivity index (χ0n) is 6.76. The van der Waals surface area contributed by atoms with Crippen molar-refractivity contribution in [2.75, 3.05) is 6.61 Å². The van der Waals surface area contributed by atoms with Crippen LogP contribution in [0.5, 0.6) is 0 Å². The van der Waals surface area contributed by atoms with Gasteiger partial charge in [-0.1, -0.05) is 19.9 Å². The molecule has 0 aromatic heterocycles. The molecule has 0 saturated heterocycles. The van der Waals surface area contributed by atoms with Crippen LogP contribution in [0.3, 0.4) is 0 Å². The van der Waals surface area contributed by atoms with Crippen molar-refractivity contribution < 1.29 is 9.84 Å². The van der Waals surface area contributed by atoms with Crippen LogP contribution in [0.25, 0.3) is 0 Å². The van der Waals surface area contributed by atoms with Crippen LogP contribution in [-0.4, -0.2) is 17.8 Å². The minimum absolute atomic E-state index is 0.482. The number of ether oxygens (including phenoxy) is 1. The molecule has 0 rings (SSSR count). The SMILES string of the molecule is C=C(OCC)C(O)CCC. The minimum atomic E-state index is -0.482. The lowest BCUT2D eigenvalue weighted by molar-refractivity contribution is 0.103. The minimum Gasteiger partial charge on any atom is -0.496 e. The molecule has 0 fully saturated rings. The van der Waals surface area contributed by atoms with Crippen molar-refractivity contribution >= 4 is 0 Å². The lowest BCUT2D eigenvalue weighted by atomic mass is 10.2. The Morgan fingerprint density at radius 2 is 2.20 bits per heavy atom. The third kappa shape index (κ3) is 3.51. The quantitative estimate of drug-likeness (QED) is 0.595. The van der Waals surface area contributed by atoms with Crippen LogP contribution in [0.2, 0.25) is 0 Å². The zero-order valence-corrected chi connectivity index (χ0v) is 6.76. The van der Waals surface area contributed by atoms with Crippen LogP contribution < -0.4 is 0 Å². The van der Waals surface area contributed by atoms with E-state index in [0.717, 1.165) is 12.8 Å². The van der Waals surface area contributed by atoms with E-state index in [2.05, 4.69) is 6.58 Å². The van der Waals surface area contributed by atoms with E-state index in [9.17, 15) is 5.11 Å². The first-order chi connectivity index (χ1) is 4.72. The first kappa shape index (κ1) is 9.50. The molecule has 0 heterocycles. The summed E-state index contributed by atoms with van der Waals surface area (Å²) in [6, 6.07) is 0. The second-order valence-corrected chi connectivity index (χ2v) is 2.20. The maximum absolute atomic E-state index is 9.22. The Bertz CT molecular complexity index is 99.4. The standard InChI is InChI=1S/C8H16O2/c1-4-6-8(9)7(3)10-5-2/h8-9H,3-6H2,1-2H3. The summed E-state index contributed by atoms with van der Waals surface area (Å²) < 4.78 is 5.01. The molecule has 10 heavy (non-hydrogen) atoms. The summed E-state index contributed by atoms with van der Waals surface area (Å²) in [4.78, 5) is 0. The van der Waals surface area contributed by atoms with Crippen LogP contribution in [0.1, 0.15) is 26.7 Å². The summed E-state index contributed by atoms with van der Waals surface area (Å²) >= 11 is 0. The lowest BCUT2D eigenvalue weighted by Crippen LogP contribution is -2.11. The molecule has 2 nitrogen and oxygen atoms in total. The molecule has 2 heteroatoms. The molecule has 0 bridgehead atoms. The maximum atomic E-state index is 9.22. The third-order valence-corrected chi connectivity index (χ3v) is 1.26. The molecule has 0 aromatic carbocycles. The van der Waals surface area contributed by atoms with Crippen molar-refractivity contribution in [1.29, 1.82) is 0 Å². The summed E-state index contributed by atoms with van der Waals surface area (Å²) in [6.45, 7) is 8.07. The molecule has 0 aliphatic carbocycles. The van der Waals surface area contributed by atoms with Gasteiger partial charge in [-0.15, -0.1) is 0 Å². The van der Waals surface area contributed by atoms with Gasteiger partial charge in [-0.25, -0.2) is 0 Å². The Morgan fingerprint density at radius 1 is 1.60 bits per heavy atom. The summed E-state index contributed by atoms with van der Waals surface area (Å²) in [6.07, 6.45) is 1.21. The average Bonchev–Trinajstić information content (AvgIpc) is 1.89. The van der Waals surface area contributed by atoms with Crippen LogP contribution in [0.15, 0.2) is 12.3 Å². The average molecular weight is 144 g/mol. The number of rotatable bonds is 5. The van der Waals surface area contributed by atoms with Crippen molar-refractivity contribution in [3.8, 4) is 0 Å². The highest BCUT2D eigenvalue weighted by Crippen LogP contribution is 2.06. The Labute approximate surface area is 62.5 Å². The normalized spacial score (nSPS) is 12.7. The first-order valence-electron chi connectivity index (χ1n) is 3.72. The smallest absolute Gasteiger partial charge is 0.117 e. The fourth-order valence-corrected chi connectivity index (χ4v) is 0.716. The maximum Gasteiger partial charge on any atom is 0.117 e. The van der Waals surface area contributed by atoms with E-state index in [4.69, 9.17) is 4.74 Å². The second-order valence-electron chi connectivity index (χ2n) is 2.20. The van der Waals surface area contributed by atoms with E-state index in [0.29, 0.717) is 12.4 Å². The van der Waals surface area contributed by atoms with Gasteiger partial charge in [0.05, 0.1) is 6.61 Å². The van der Waals surface area contributed by atoms with Gasteiger partial charge in [0.1, 0.15) is 11.9 Å². The van der Waals surface area contributed by atoms with Crippen LogP contribution in [-0.2, 0) is 4.74 Å². The zero-order chi connectivity index (χ0) is 7.98. The van der Waals surface area contributed by atoms with Crippen molar-refractivity contribution in [2.24, 2.45) is 0 Å². The second kappa shape index (κ2) is 5.30. The van der Waals surface area contributed by atoms with Crippen molar-refractivity contribution in [1.82, 2.24) is 0 Å². The Kier molecular flexibility index (Phi) is 5.03. The topological polar surface area (TPSA) is 29.5 Å². The first-order valence-corrected chi connectivity index (χ1v) is 3.72. The molecule has 1 unspecified atom stereocenters. The van der Waals surface area contributed by atoms with E-state index in [1.54, 1.807) is 0 Å². The van der Waals surface area contributed by atoms with Crippen molar-refractivity contribution in [3.05, 3.63) is 12.3 Å². The molecule has 0 amide bonds. The molecular weight excluding hydrogens is 128 g/mol. The van der Waals surface area contributed by atoms with E-state index in [1.165, 1.54) is 0 Å². The highest BCUT2D eigenvalue weighted by atomic mass is 16.5. The van der Waals surface area contributed by atoms with Crippen LogP contribution in [0.4, 0.5) is 0 Å². The van der Waals surface area contributed by atoms with E-state index in [1.807, 2.05) is 13.8 Å². The van der Waals surface area contributed by atoms with Gasteiger partial charge in [0.2, 0.25) is 0 Å². The molecule has 1 atom stereocenters.